The molecular weight excluding hydrogens is 471 g/mol. The van der Waals surface area contributed by atoms with Crippen LogP contribution < -0.4 is 20.9 Å². The number of ether oxygens (including phenoxy) is 1. The molecule has 202 valence electrons. The summed E-state index contributed by atoms with van der Waals surface area (Å²) >= 11 is 0. The van der Waals surface area contributed by atoms with E-state index in [4.69, 9.17) is 9.72 Å². The average Bonchev–Trinajstić information content (AvgIpc) is 2.95. The number of morpholine rings is 1. The predicted octanol–water partition coefficient (Wildman–Crippen LogP) is 4.78. The molecule has 37 heavy (non-hydrogen) atoms. The van der Waals surface area contributed by atoms with Crippen molar-refractivity contribution >= 4 is 28.4 Å². The number of amides is 1. The number of aromatic nitrogens is 2. The molecule has 3 aromatic rings. The number of carbonyl (C=O) groups is 1. The Morgan fingerprint density at radius 3 is 2.51 bits per heavy atom. The summed E-state index contributed by atoms with van der Waals surface area (Å²) < 4.78 is 19.2. The van der Waals surface area contributed by atoms with E-state index in [9.17, 15) is 9.18 Å². The van der Waals surface area contributed by atoms with Crippen molar-refractivity contribution in [3.05, 3.63) is 59.5 Å². The van der Waals surface area contributed by atoms with Gasteiger partial charge in [-0.1, -0.05) is 33.8 Å². The van der Waals surface area contributed by atoms with Gasteiger partial charge in [0.1, 0.15) is 11.6 Å². The van der Waals surface area contributed by atoms with Gasteiger partial charge in [-0.3, -0.25) is 9.78 Å². The van der Waals surface area contributed by atoms with Crippen molar-refractivity contribution in [2.75, 3.05) is 56.7 Å². The number of carbonyl (C=O) groups excluding carboxylic acids is 1. The molecule has 2 aromatic carbocycles. The topological polar surface area (TPSA) is 91.4 Å². The number of nitrogens with zero attached hydrogens (tertiary/aromatic N) is 3. The lowest BCUT2D eigenvalue weighted by Gasteiger charge is -2.28. The number of halogens is 1. The van der Waals surface area contributed by atoms with Crippen LogP contribution in [0.2, 0.25) is 0 Å². The van der Waals surface area contributed by atoms with Crippen LogP contribution >= 0.6 is 0 Å². The van der Waals surface area contributed by atoms with Gasteiger partial charge in [-0.15, -0.1) is 0 Å². The molecule has 2 heterocycles. The van der Waals surface area contributed by atoms with Crippen LogP contribution in [0.15, 0.2) is 42.6 Å². The van der Waals surface area contributed by atoms with Crippen molar-refractivity contribution in [1.29, 1.82) is 0 Å². The van der Waals surface area contributed by atoms with Crippen LogP contribution in [-0.4, -0.2) is 62.3 Å². The summed E-state index contributed by atoms with van der Waals surface area (Å²) in [7, 11) is 1.84. The standard InChI is InChI=1S/C24H29FN6O2.2C2H6/c1-16(29-19-5-3-4-18(25)14-19)20-12-17(24(32)27-7-6-26-2)13-21-23(20)30-22(15-28-21)31-8-10-33-11-9-31;2*1-2/h3-5,12-16,26,29H,6-11H2,1-2H3,(H,27,32);2*1-2H3. The first-order valence-electron chi connectivity index (χ1n) is 13.1. The quantitative estimate of drug-likeness (QED) is 0.374. The van der Waals surface area contributed by atoms with Gasteiger partial charge in [0.25, 0.3) is 5.91 Å². The fourth-order valence-electron chi connectivity index (χ4n) is 3.85. The van der Waals surface area contributed by atoms with Gasteiger partial charge >= 0.3 is 0 Å². The number of likely N-dealkylation sites (N-methyl/N-ethyl adjacent to an activating group) is 1. The molecule has 4 rings (SSSR count). The maximum absolute atomic E-state index is 13.7. The van der Waals surface area contributed by atoms with Crippen LogP contribution in [0.1, 0.15) is 56.6 Å². The molecule has 0 saturated carbocycles. The van der Waals surface area contributed by atoms with E-state index in [1.54, 1.807) is 24.4 Å². The second-order valence-electron chi connectivity index (χ2n) is 8.00. The minimum Gasteiger partial charge on any atom is -0.378 e. The summed E-state index contributed by atoms with van der Waals surface area (Å²) in [6.07, 6.45) is 1.74. The van der Waals surface area contributed by atoms with Crippen molar-refractivity contribution in [2.45, 2.75) is 40.7 Å². The molecule has 8 nitrogen and oxygen atoms in total. The van der Waals surface area contributed by atoms with Crippen LogP contribution in [0.4, 0.5) is 15.9 Å². The lowest BCUT2D eigenvalue weighted by atomic mass is 10.0. The van der Waals surface area contributed by atoms with Crippen molar-refractivity contribution in [3.63, 3.8) is 0 Å². The van der Waals surface area contributed by atoms with Crippen LogP contribution in [0.25, 0.3) is 11.0 Å². The van der Waals surface area contributed by atoms with Crippen molar-refractivity contribution in [1.82, 2.24) is 20.6 Å². The molecule has 1 aromatic heterocycles. The highest BCUT2D eigenvalue weighted by Gasteiger charge is 2.19. The third-order valence-electron chi connectivity index (χ3n) is 5.60. The molecule has 1 aliphatic rings. The summed E-state index contributed by atoms with van der Waals surface area (Å²) in [4.78, 5) is 24.5. The van der Waals surface area contributed by atoms with E-state index >= 15 is 0 Å². The lowest BCUT2D eigenvalue weighted by molar-refractivity contribution is 0.0954. The monoisotopic (exact) mass is 512 g/mol. The van der Waals surface area contributed by atoms with E-state index in [2.05, 4.69) is 25.8 Å². The van der Waals surface area contributed by atoms with Gasteiger partial charge in [-0.05, 0) is 44.3 Å². The predicted molar refractivity (Wildman–Crippen MR) is 150 cm³/mol. The van der Waals surface area contributed by atoms with Gasteiger partial charge in [0, 0.05) is 43.0 Å². The Morgan fingerprint density at radius 1 is 1.11 bits per heavy atom. The first kappa shape index (κ1) is 29.9. The molecule has 3 N–H and O–H groups in total. The fourth-order valence-corrected chi connectivity index (χ4v) is 3.85. The molecule has 0 bridgehead atoms. The molecule has 0 aliphatic carbocycles. The Kier molecular flexibility index (Phi) is 12.7. The van der Waals surface area contributed by atoms with Gasteiger partial charge in [0.05, 0.1) is 36.5 Å². The first-order chi connectivity index (χ1) is 18.0. The zero-order valence-corrected chi connectivity index (χ0v) is 22.9. The number of anilines is 2. The van der Waals surface area contributed by atoms with E-state index in [1.807, 2.05) is 47.7 Å². The maximum Gasteiger partial charge on any atom is 0.251 e. The number of fused-ring (bicyclic) bond motifs is 1. The second kappa shape index (κ2) is 15.7. The van der Waals surface area contributed by atoms with E-state index in [-0.39, 0.29) is 17.8 Å². The summed E-state index contributed by atoms with van der Waals surface area (Å²) in [5.41, 5.74) is 3.32. The van der Waals surface area contributed by atoms with Crippen LogP contribution in [0, 0.1) is 5.82 Å². The molecule has 0 radical (unpaired) electrons. The average molecular weight is 513 g/mol. The van der Waals surface area contributed by atoms with Crippen molar-refractivity contribution < 1.29 is 13.9 Å². The maximum atomic E-state index is 13.7. The molecule has 1 saturated heterocycles. The molecule has 1 aliphatic heterocycles. The largest absolute Gasteiger partial charge is 0.378 e. The molecule has 1 amide bonds. The zero-order chi connectivity index (χ0) is 27.2. The molecule has 1 unspecified atom stereocenters. The minimum absolute atomic E-state index is 0.176. The molecule has 1 atom stereocenters. The van der Waals surface area contributed by atoms with Crippen LogP contribution in [0.3, 0.4) is 0 Å². The van der Waals surface area contributed by atoms with Crippen molar-refractivity contribution in [2.24, 2.45) is 0 Å². The van der Waals surface area contributed by atoms with Gasteiger partial charge in [0.2, 0.25) is 0 Å². The van der Waals surface area contributed by atoms with E-state index in [0.717, 1.165) is 24.5 Å². The summed E-state index contributed by atoms with van der Waals surface area (Å²) in [6.45, 7) is 13.9. The Balaban J connectivity index is 0.00000115. The zero-order valence-electron chi connectivity index (χ0n) is 22.9. The Morgan fingerprint density at radius 2 is 1.84 bits per heavy atom. The van der Waals surface area contributed by atoms with Gasteiger partial charge in [-0.2, -0.15) is 0 Å². The number of nitrogens with one attached hydrogen (secondary N) is 3. The van der Waals surface area contributed by atoms with E-state index in [1.165, 1.54) is 12.1 Å². The number of hydrogen-bond acceptors (Lipinski definition) is 7. The van der Waals surface area contributed by atoms with E-state index < -0.39 is 0 Å². The molecule has 9 heteroatoms. The molecular formula is C28H41FN6O2. The lowest BCUT2D eigenvalue weighted by Crippen LogP contribution is -2.36. The minimum atomic E-state index is -0.316. The normalized spacial score (nSPS) is 13.5. The van der Waals surface area contributed by atoms with Gasteiger partial charge < -0.3 is 25.6 Å². The SMILES string of the molecule is CC.CC.CNCCNC(=O)c1cc(C(C)Nc2cccc(F)c2)c2nc(N3CCOCC3)cnc2c1. The second-order valence-corrected chi connectivity index (χ2v) is 8.00. The Bertz CT molecular complexity index is 1120. The molecule has 0 spiro atoms. The Labute approximate surface area is 220 Å². The highest BCUT2D eigenvalue weighted by molar-refractivity contribution is 5.98. The Hall–Kier alpha value is -3.30. The van der Waals surface area contributed by atoms with E-state index in [0.29, 0.717) is 48.6 Å². The summed E-state index contributed by atoms with van der Waals surface area (Å²) in [6, 6.07) is 9.67. The third kappa shape index (κ3) is 8.36. The van der Waals surface area contributed by atoms with Gasteiger partial charge in [0.15, 0.2) is 0 Å². The number of benzene rings is 2. The first-order valence-corrected chi connectivity index (χ1v) is 13.1. The smallest absolute Gasteiger partial charge is 0.251 e. The van der Waals surface area contributed by atoms with Crippen LogP contribution in [-0.2, 0) is 4.74 Å². The number of hydrogen-bond donors (Lipinski definition) is 3. The van der Waals surface area contributed by atoms with Gasteiger partial charge in [-0.25, -0.2) is 9.37 Å². The summed E-state index contributed by atoms with van der Waals surface area (Å²) in [5, 5.41) is 9.25. The number of rotatable bonds is 8. The molecule has 1 fully saturated rings. The highest BCUT2D eigenvalue weighted by Crippen LogP contribution is 2.28. The highest BCUT2D eigenvalue weighted by atomic mass is 19.1. The van der Waals surface area contributed by atoms with Crippen LogP contribution in [0.5, 0.6) is 0 Å². The van der Waals surface area contributed by atoms with Crippen molar-refractivity contribution in [3.8, 4) is 0 Å². The third-order valence-corrected chi connectivity index (χ3v) is 5.60. The summed E-state index contributed by atoms with van der Waals surface area (Å²) in [5.74, 6) is 0.283. The fraction of sp³-hybridized carbons (Fsp3) is 0.464.